The summed E-state index contributed by atoms with van der Waals surface area (Å²) in [6, 6.07) is 12.1. The molecule has 7 heteroatoms. The maximum atomic E-state index is 11.7. The number of phenolic OH excluding ortho intramolecular Hbond substituents is 2. The zero-order chi connectivity index (χ0) is 27.0. The van der Waals surface area contributed by atoms with Crippen LogP contribution in [0.25, 0.3) is 0 Å². The summed E-state index contributed by atoms with van der Waals surface area (Å²) in [5.41, 5.74) is 1.09. The first-order valence-corrected chi connectivity index (χ1v) is 11.8. The minimum Gasteiger partial charge on any atom is -0.508 e. The monoisotopic (exact) mass is 486 g/mol. The summed E-state index contributed by atoms with van der Waals surface area (Å²) in [5, 5.41) is 17.9. The molecule has 0 aliphatic rings. The van der Waals surface area contributed by atoms with Gasteiger partial charge in [0.1, 0.15) is 17.3 Å². The van der Waals surface area contributed by atoms with E-state index in [0.29, 0.717) is 17.7 Å². The van der Waals surface area contributed by atoms with Crippen molar-refractivity contribution in [1.29, 1.82) is 0 Å². The topological polar surface area (TPSA) is 118 Å². The Balaban J connectivity index is 0.000000527. The van der Waals surface area contributed by atoms with Crippen molar-refractivity contribution >= 4 is 23.3 Å². The van der Waals surface area contributed by atoms with Gasteiger partial charge in [-0.3, -0.25) is 19.2 Å². The highest BCUT2D eigenvalue weighted by atomic mass is 16.5. The van der Waals surface area contributed by atoms with Crippen molar-refractivity contribution < 1.29 is 34.1 Å². The fourth-order valence-corrected chi connectivity index (χ4v) is 2.46. The lowest BCUT2D eigenvalue weighted by Crippen LogP contribution is -2.15. The van der Waals surface area contributed by atoms with Crippen molar-refractivity contribution in [2.75, 3.05) is 6.61 Å². The van der Waals surface area contributed by atoms with E-state index in [-0.39, 0.29) is 53.1 Å². The summed E-state index contributed by atoms with van der Waals surface area (Å²) in [6.07, 6.45) is 1.56. The molecule has 0 saturated carbocycles. The highest BCUT2D eigenvalue weighted by Gasteiger charge is 2.16. The summed E-state index contributed by atoms with van der Waals surface area (Å²) in [4.78, 5) is 44.7. The predicted molar refractivity (Wildman–Crippen MR) is 136 cm³/mol. The number of hydrogen-bond donors (Lipinski definition) is 2. The van der Waals surface area contributed by atoms with E-state index in [2.05, 4.69) is 0 Å². The Morgan fingerprint density at radius 3 is 1.54 bits per heavy atom. The SMILES string of the molecule is CC(=O)c1ccc(O)cc1.CCC(C)C(=O)CC(=O)c1ccc(O)cc1.CCOC(=O)C(C)CC. The number of aromatic hydroxyl groups is 2. The molecule has 2 aromatic rings. The number of phenols is 2. The molecule has 0 aromatic heterocycles. The van der Waals surface area contributed by atoms with Crippen molar-refractivity contribution in [3.8, 4) is 11.5 Å². The Morgan fingerprint density at radius 1 is 0.743 bits per heavy atom. The standard InChI is InChI=1S/C13H16O3.C8H8O2.C7H14O2/c1-3-9(2)12(15)8-13(16)10-4-6-11(14)7-5-10;1-6(9)7-2-4-8(10)5-3-7;1-4-6(3)7(8)9-5-2/h4-7,9,14H,3,8H2,1-2H3;2-5,10H,1H3;6H,4-5H2,1-3H3. The van der Waals surface area contributed by atoms with Gasteiger partial charge in [0, 0.05) is 17.0 Å². The summed E-state index contributed by atoms with van der Waals surface area (Å²) in [7, 11) is 0. The first kappa shape index (κ1) is 31.5. The third-order valence-corrected chi connectivity index (χ3v) is 5.26. The van der Waals surface area contributed by atoms with Crippen LogP contribution < -0.4 is 0 Å². The Hall–Kier alpha value is -3.48. The molecule has 0 saturated heterocycles. The van der Waals surface area contributed by atoms with Gasteiger partial charge in [-0.05, 0) is 75.2 Å². The first-order chi connectivity index (χ1) is 16.5. The zero-order valence-corrected chi connectivity index (χ0v) is 21.5. The van der Waals surface area contributed by atoms with E-state index in [1.54, 1.807) is 12.1 Å². The Bertz CT molecular complexity index is 931. The maximum absolute atomic E-state index is 11.7. The van der Waals surface area contributed by atoms with Crippen LogP contribution in [0.3, 0.4) is 0 Å². The number of benzene rings is 2. The van der Waals surface area contributed by atoms with E-state index >= 15 is 0 Å². The number of carbonyl (C=O) groups is 4. The van der Waals surface area contributed by atoms with Gasteiger partial charge in [-0.2, -0.15) is 0 Å². The van der Waals surface area contributed by atoms with Gasteiger partial charge in [0.2, 0.25) is 0 Å². The van der Waals surface area contributed by atoms with Gasteiger partial charge in [0.05, 0.1) is 18.9 Å². The van der Waals surface area contributed by atoms with E-state index in [4.69, 9.17) is 14.9 Å². The van der Waals surface area contributed by atoms with Gasteiger partial charge in [-0.1, -0.05) is 27.7 Å². The molecule has 2 atom stereocenters. The van der Waals surface area contributed by atoms with E-state index in [9.17, 15) is 19.2 Å². The molecule has 2 unspecified atom stereocenters. The van der Waals surface area contributed by atoms with Crippen LogP contribution in [-0.2, 0) is 14.3 Å². The molecule has 0 radical (unpaired) electrons. The summed E-state index contributed by atoms with van der Waals surface area (Å²) >= 11 is 0. The van der Waals surface area contributed by atoms with Gasteiger partial charge in [-0.15, -0.1) is 0 Å². The minimum absolute atomic E-state index is 0.0139. The number of esters is 1. The molecule has 0 spiro atoms. The number of rotatable bonds is 9. The lowest BCUT2D eigenvalue weighted by Gasteiger charge is -2.06. The molecule has 0 aliphatic carbocycles. The molecule has 2 rings (SSSR count). The van der Waals surface area contributed by atoms with Crippen molar-refractivity contribution in [2.45, 2.75) is 60.8 Å². The Labute approximate surface area is 208 Å². The predicted octanol–water partition coefficient (Wildman–Crippen LogP) is 5.77. The molecular weight excluding hydrogens is 448 g/mol. The summed E-state index contributed by atoms with van der Waals surface area (Å²) in [5.74, 6) is 0.00620. The second-order valence-electron chi connectivity index (χ2n) is 8.09. The smallest absolute Gasteiger partial charge is 0.308 e. The molecule has 192 valence electrons. The summed E-state index contributed by atoms with van der Waals surface area (Å²) in [6.45, 7) is 11.4. The minimum atomic E-state index is -0.190. The van der Waals surface area contributed by atoms with Crippen molar-refractivity contribution in [3.63, 3.8) is 0 Å². The van der Waals surface area contributed by atoms with Crippen LogP contribution in [0.1, 0.15) is 81.5 Å². The molecule has 0 aliphatic heterocycles. The highest BCUT2D eigenvalue weighted by Crippen LogP contribution is 2.14. The number of ketones is 3. The average molecular weight is 487 g/mol. The van der Waals surface area contributed by atoms with Crippen LogP contribution in [0.2, 0.25) is 0 Å². The highest BCUT2D eigenvalue weighted by molar-refractivity contribution is 6.08. The van der Waals surface area contributed by atoms with Crippen molar-refractivity contribution in [3.05, 3.63) is 59.7 Å². The second kappa shape index (κ2) is 17.0. The van der Waals surface area contributed by atoms with Crippen LogP contribution in [0.15, 0.2) is 48.5 Å². The van der Waals surface area contributed by atoms with Crippen LogP contribution in [-0.4, -0.2) is 40.1 Å². The van der Waals surface area contributed by atoms with Gasteiger partial charge in [-0.25, -0.2) is 0 Å². The molecule has 0 amide bonds. The molecule has 7 nitrogen and oxygen atoms in total. The fraction of sp³-hybridized carbons (Fsp3) is 0.429. The van der Waals surface area contributed by atoms with E-state index in [1.807, 2.05) is 34.6 Å². The molecule has 2 aromatic carbocycles. The maximum Gasteiger partial charge on any atom is 0.308 e. The van der Waals surface area contributed by atoms with Gasteiger partial charge < -0.3 is 14.9 Å². The quantitative estimate of drug-likeness (QED) is 0.262. The zero-order valence-electron chi connectivity index (χ0n) is 21.5. The van der Waals surface area contributed by atoms with Gasteiger partial charge >= 0.3 is 5.97 Å². The first-order valence-electron chi connectivity index (χ1n) is 11.8. The Kier molecular flexibility index (Phi) is 15.3. The second-order valence-corrected chi connectivity index (χ2v) is 8.09. The van der Waals surface area contributed by atoms with E-state index < -0.39 is 0 Å². The van der Waals surface area contributed by atoms with Gasteiger partial charge in [0.15, 0.2) is 11.6 Å². The fourth-order valence-electron chi connectivity index (χ4n) is 2.46. The molecule has 0 bridgehead atoms. The third kappa shape index (κ3) is 13.1. The number of hydrogen-bond acceptors (Lipinski definition) is 7. The number of Topliss-reactive ketones (excluding diaryl/α,β-unsaturated/α-hetero) is 3. The molecule has 2 N–H and O–H groups in total. The normalized spacial score (nSPS) is 11.5. The summed E-state index contributed by atoms with van der Waals surface area (Å²) < 4.78 is 4.76. The van der Waals surface area contributed by atoms with Crippen LogP contribution >= 0.6 is 0 Å². The van der Waals surface area contributed by atoms with Crippen LogP contribution in [0.4, 0.5) is 0 Å². The van der Waals surface area contributed by atoms with Gasteiger partial charge in [0.25, 0.3) is 0 Å². The van der Waals surface area contributed by atoms with Crippen molar-refractivity contribution in [2.24, 2.45) is 11.8 Å². The molecule has 0 heterocycles. The molecule has 35 heavy (non-hydrogen) atoms. The van der Waals surface area contributed by atoms with E-state index in [0.717, 1.165) is 12.8 Å². The van der Waals surface area contributed by atoms with Crippen LogP contribution in [0, 0.1) is 11.8 Å². The lowest BCUT2D eigenvalue weighted by atomic mass is 9.97. The molecule has 0 fully saturated rings. The largest absolute Gasteiger partial charge is 0.508 e. The average Bonchev–Trinajstić information content (AvgIpc) is 2.84. The number of ether oxygens (including phenoxy) is 1. The number of carbonyl (C=O) groups excluding carboxylic acids is 4. The third-order valence-electron chi connectivity index (χ3n) is 5.26. The van der Waals surface area contributed by atoms with Crippen molar-refractivity contribution in [1.82, 2.24) is 0 Å². The lowest BCUT2D eigenvalue weighted by molar-refractivity contribution is -0.147. The van der Waals surface area contributed by atoms with Crippen LogP contribution in [0.5, 0.6) is 11.5 Å². The Morgan fingerprint density at radius 2 is 1.17 bits per heavy atom. The molecular formula is C28H38O7. The van der Waals surface area contributed by atoms with E-state index in [1.165, 1.54) is 43.3 Å².